The Labute approximate surface area is 137 Å². The van der Waals surface area contributed by atoms with Crippen LogP contribution in [0.1, 0.15) is 66.7 Å². The lowest BCUT2D eigenvalue weighted by atomic mass is 9.95. The summed E-state index contributed by atoms with van der Waals surface area (Å²) in [5, 5.41) is 3.58. The van der Waals surface area contributed by atoms with E-state index in [1.165, 1.54) is 19.3 Å². The summed E-state index contributed by atoms with van der Waals surface area (Å²) in [6.45, 7) is 14.2. The third kappa shape index (κ3) is 7.48. The Bertz CT molecular complexity index is 322. The maximum atomic E-state index is 12.1. The molecule has 0 spiro atoms. The first-order chi connectivity index (χ1) is 10.4. The summed E-state index contributed by atoms with van der Waals surface area (Å²) in [5.41, 5.74) is -0.402. The lowest BCUT2D eigenvalue weighted by Crippen LogP contribution is -2.43. The van der Waals surface area contributed by atoms with E-state index in [-0.39, 0.29) is 6.09 Å². The Morgan fingerprint density at radius 3 is 2.59 bits per heavy atom. The van der Waals surface area contributed by atoms with Gasteiger partial charge in [-0.15, -0.1) is 0 Å². The van der Waals surface area contributed by atoms with Crippen molar-refractivity contribution in [2.24, 2.45) is 11.8 Å². The van der Waals surface area contributed by atoms with Gasteiger partial charge in [0.15, 0.2) is 0 Å². The molecule has 0 aliphatic carbocycles. The van der Waals surface area contributed by atoms with Crippen molar-refractivity contribution in [2.45, 2.75) is 72.3 Å². The van der Waals surface area contributed by atoms with Crippen LogP contribution in [0.4, 0.5) is 4.79 Å². The summed E-state index contributed by atoms with van der Waals surface area (Å²) in [5.74, 6) is 1.40. The summed E-state index contributed by atoms with van der Waals surface area (Å²) in [4.78, 5) is 14.0. The van der Waals surface area contributed by atoms with Crippen molar-refractivity contribution in [1.29, 1.82) is 0 Å². The average Bonchev–Trinajstić information content (AvgIpc) is 2.46. The van der Waals surface area contributed by atoms with Gasteiger partial charge in [0.1, 0.15) is 5.60 Å². The second-order valence-corrected chi connectivity index (χ2v) is 7.61. The second-order valence-electron chi connectivity index (χ2n) is 7.61. The first kappa shape index (κ1) is 19.3. The first-order valence-electron chi connectivity index (χ1n) is 9.04. The van der Waals surface area contributed by atoms with Gasteiger partial charge in [-0.3, -0.25) is 0 Å². The minimum Gasteiger partial charge on any atom is -0.444 e. The highest BCUT2D eigenvalue weighted by Crippen LogP contribution is 2.21. The van der Waals surface area contributed by atoms with Crippen molar-refractivity contribution in [3.63, 3.8) is 0 Å². The highest BCUT2D eigenvalue weighted by atomic mass is 16.6. The fraction of sp³-hybridized carbons (Fsp3) is 0.944. The smallest absolute Gasteiger partial charge is 0.410 e. The monoisotopic (exact) mass is 312 g/mol. The van der Waals surface area contributed by atoms with E-state index in [2.05, 4.69) is 19.2 Å². The Morgan fingerprint density at radius 1 is 1.32 bits per heavy atom. The Hall–Kier alpha value is -0.770. The number of carbonyl (C=O) groups excluding carboxylic acids is 1. The van der Waals surface area contributed by atoms with E-state index >= 15 is 0 Å². The van der Waals surface area contributed by atoms with Gasteiger partial charge in [0.25, 0.3) is 0 Å². The molecule has 4 nitrogen and oxygen atoms in total. The summed E-state index contributed by atoms with van der Waals surface area (Å²) < 4.78 is 5.48. The summed E-state index contributed by atoms with van der Waals surface area (Å²) in [6.07, 6.45) is 5.82. The number of amides is 1. The van der Waals surface area contributed by atoms with E-state index in [1.807, 2.05) is 25.7 Å². The minimum absolute atomic E-state index is 0.151. The van der Waals surface area contributed by atoms with E-state index in [1.54, 1.807) is 0 Å². The molecule has 1 atom stereocenters. The molecule has 1 unspecified atom stereocenters. The van der Waals surface area contributed by atoms with Gasteiger partial charge in [-0.05, 0) is 65.0 Å². The van der Waals surface area contributed by atoms with Crippen LogP contribution in [0.25, 0.3) is 0 Å². The van der Waals surface area contributed by atoms with E-state index in [0.29, 0.717) is 5.92 Å². The fourth-order valence-electron chi connectivity index (χ4n) is 2.98. The minimum atomic E-state index is -0.402. The molecule has 0 aromatic carbocycles. The van der Waals surface area contributed by atoms with E-state index in [0.717, 1.165) is 44.9 Å². The molecule has 0 aromatic heterocycles. The van der Waals surface area contributed by atoms with Crippen molar-refractivity contribution >= 4 is 6.09 Å². The molecule has 1 saturated heterocycles. The van der Waals surface area contributed by atoms with E-state index in [9.17, 15) is 4.79 Å². The van der Waals surface area contributed by atoms with Crippen LogP contribution >= 0.6 is 0 Å². The predicted molar refractivity (Wildman–Crippen MR) is 92.1 cm³/mol. The van der Waals surface area contributed by atoms with Crippen molar-refractivity contribution in [3.05, 3.63) is 0 Å². The van der Waals surface area contributed by atoms with Crippen LogP contribution in [0.2, 0.25) is 0 Å². The molecule has 0 saturated carbocycles. The van der Waals surface area contributed by atoms with Crippen LogP contribution in [0.15, 0.2) is 0 Å². The van der Waals surface area contributed by atoms with E-state index in [4.69, 9.17) is 4.74 Å². The standard InChI is InChI=1S/C18H36N2O2/c1-6-15(7-2)13-19-11-10-16-9-8-12-20(14-16)17(21)22-18(3,4)5/h15-16,19H,6-14H2,1-5H3. The van der Waals surface area contributed by atoms with Crippen LogP contribution < -0.4 is 5.32 Å². The number of nitrogens with zero attached hydrogens (tertiary/aromatic N) is 1. The maximum Gasteiger partial charge on any atom is 0.410 e. The largest absolute Gasteiger partial charge is 0.444 e. The van der Waals surface area contributed by atoms with Gasteiger partial charge in [-0.25, -0.2) is 4.79 Å². The SMILES string of the molecule is CCC(CC)CNCCC1CCCN(C(=O)OC(C)(C)C)C1. The van der Waals surface area contributed by atoms with Crippen LogP contribution in [-0.2, 0) is 4.74 Å². The van der Waals surface area contributed by atoms with Crippen molar-refractivity contribution < 1.29 is 9.53 Å². The predicted octanol–water partition coefficient (Wildman–Crippen LogP) is 4.05. The number of hydrogen-bond donors (Lipinski definition) is 1. The lowest BCUT2D eigenvalue weighted by molar-refractivity contribution is 0.0162. The van der Waals surface area contributed by atoms with Gasteiger partial charge in [0, 0.05) is 13.1 Å². The summed E-state index contributed by atoms with van der Waals surface area (Å²) in [7, 11) is 0. The number of ether oxygens (including phenoxy) is 1. The fourth-order valence-corrected chi connectivity index (χ4v) is 2.98. The number of rotatable bonds is 7. The third-order valence-electron chi connectivity index (χ3n) is 4.49. The molecule has 0 bridgehead atoms. The van der Waals surface area contributed by atoms with Crippen molar-refractivity contribution in [3.8, 4) is 0 Å². The van der Waals surface area contributed by atoms with Crippen LogP contribution in [0, 0.1) is 11.8 Å². The molecule has 1 rings (SSSR count). The zero-order valence-corrected chi connectivity index (χ0v) is 15.3. The quantitative estimate of drug-likeness (QED) is 0.721. The molecule has 1 N–H and O–H groups in total. The van der Waals surface area contributed by atoms with Crippen molar-refractivity contribution in [1.82, 2.24) is 10.2 Å². The topological polar surface area (TPSA) is 41.6 Å². The number of nitrogens with one attached hydrogen (secondary N) is 1. The number of piperidine rings is 1. The molecule has 130 valence electrons. The Morgan fingerprint density at radius 2 is 2.00 bits per heavy atom. The van der Waals surface area contributed by atoms with Crippen LogP contribution in [0.3, 0.4) is 0 Å². The summed E-state index contributed by atoms with van der Waals surface area (Å²) in [6, 6.07) is 0. The third-order valence-corrected chi connectivity index (χ3v) is 4.49. The molecule has 1 aliphatic rings. The molecule has 22 heavy (non-hydrogen) atoms. The van der Waals surface area contributed by atoms with Gasteiger partial charge in [0.2, 0.25) is 0 Å². The molecule has 4 heteroatoms. The normalized spacial score (nSPS) is 19.5. The molecule has 1 heterocycles. The molecule has 1 fully saturated rings. The molecule has 1 amide bonds. The van der Waals surface area contributed by atoms with Gasteiger partial charge in [-0.1, -0.05) is 26.7 Å². The highest BCUT2D eigenvalue weighted by Gasteiger charge is 2.27. The summed E-state index contributed by atoms with van der Waals surface area (Å²) >= 11 is 0. The zero-order valence-electron chi connectivity index (χ0n) is 15.3. The van der Waals surface area contributed by atoms with Gasteiger partial charge < -0.3 is 15.0 Å². The lowest BCUT2D eigenvalue weighted by Gasteiger charge is -2.34. The molecular formula is C18H36N2O2. The molecule has 1 aliphatic heterocycles. The Balaban J connectivity index is 2.27. The molecule has 0 radical (unpaired) electrons. The first-order valence-corrected chi connectivity index (χ1v) is 9.04. The van der Waals surface area contributed by atoms with E-state index < -0.39 is 5.60 Å². The van der Waals surface area contributed by atoms with Crippen molar-refractivity contribution in [2.75, 3.05) is 26.2 Å². The second kappa shape index (κ2) is 9.39. The van der Waals surface area contributed by atoms with Crippen LogP contribution in [0.5, 0.6) is 0 Å². The van der Waals surface area contributed by atoms with Crippen LogP contribution in [-0.4, -0.2) is 42.8 Å². The highest BCUT2D eigenvalue weighted by molar-refractivity contribution is 5.68. The number of likely N-dealkylation sites (tertiary alicyclic amines) is 1. The number of hydrogen-bond acceptors (Lipinski definition) is 3. The Kier molecular flexibility index (Phi) is 8.23. The average molecular weight is 312 g/mol. The zero-order chi connectivity index (χ0) is 16.6. The molecular weight excluding hydrogens is 276 g/mol. The van der Waals surface area contributed by atoms with Gasteiger partial charge in [0.05, 0.1) is 0 Å². The van der Waals surface area contributed by atoms with Gasteiger partial charge >= 0.3 is 6.09 Å². The van der Waals surface area contributed by atoms with Gasteiger partial charge in [-0.2, -0.15) is 0 Å². The molecule has 0 aromatic rings. The maximum absolute atomic E-state index is 12.1. The number of carbonyl (C=O) groups is 1.